The Morgan fingerprint density at radius 3 is 2.34 bits per heavy atom. The number of thiazole rings is 2. The number of carboxylic acid groups (broad SMARTS) is 1. The van der Waals surface area contributed by atoms with Gasteiger partial charge >= 0.3 is 5.97 Å². The van der Waals surface area contributed by atoms with Crippen molar-refractivity contribution in [2.24, 2.45) is 21.7 Å². The fourth-order valence-electron chi connectivity index (χ4n) is 17.1. The first-order valence-electron chi connectivity index (χ1n) is 33.2. The van der Waals surface area contributed by atoms with E-state index in [9.17, 15) is 29.4 Å². The van der Waals surface area contributed by atoms with Gasteiger partial charge in [-0.1, -0.05) is 95.2 Å². The Balaban J connectivity index is 0.610. The Morgan fingerprint density at radius 1 is 0.871 bits per heavy atom. The predicted molar refractivity (Wildman–Crippen MR) is 364 cm³/mol. The molecule has 5 fully saturated rings. The topological polar surface area (TPSA) is 246 Å². The van der Waals surface area contributed by atoms with Gasteiger partial charge in [0.1, 0.15) is 17.9 Å². The van der Waals surface area contributed by atoms with E-state index in [1.165, 1.54) is 11.3 Å². The number of amides is 3. The van der Waals surface area contributed by atoms with Crippen LogP contribution in [0.4, 0.5) is 22.6 Å². The van der Waals surface area contributed by atoms with E-state index in [-0.39, 0.29) is 70.7 Å². The molecule has 2 aliphatic heterocycles. The highest BCUT2D eigenvalue weighted by Crippen LogP contribution is 2.72. The van der Waals surface area contributed by atoms with E-state index in [1.807, 2.05) is 126 Å². The molecule has 22 heteroatoms. The van der Waals surface area contributed by atoms with E-state index in [4.69, 9.17) is 24.9 Å². The van der Waals surface area contributed by atoms with Crippen LogP contribution in [0.5, 0.6) is 0 Å². The van der Waals surface area contributed by atoms with Crippen molar-refractivity contribution in [3.8, 4) is 21.6 Å². The number of para-hydroxylation sites is 1. The maximum absolute atomic E-state index is 14.3. The standard InChI is InChI=1S/C71H91N13O7S2/c1-43-50-18-17-29-82(62(50)80-79-61(43)78-66-75-53-19-14-15-20-55(53)93-66)56-27-26-51(58(76-56)65(89)90)52-33-73-84(46(52)4)41-70-36-68(8)35-69(9,37-70)39-71(38-68,40-70)91-31-30-81(10)28-16-12-11-13-21-57(86)77-60(67(5,6)7)64(88)83-34-49(85)32-54(83)63(87)74-44(2)47-22-24-48(25-23-47)59-45(3)72-42-92-59/h14-15,19-20,22-27,33,42,44,49,54,60,85H,11-13,16-18,21,28-32,34-41H2,1-10H3,(H,74,87)(H,77,86)(H,89,90)(H,75,78,79)/t44-,49+,54-,60+,68-,69+,70?,71?/m0/s1. The molecule has 8 atom stereocenters. The number of carboxylic acids is 1. The summed E-state index contributed by atoms with van der Waals surface area (Å²) in [6.07, 6.45) is 12.9. The first-order valence-corrected chi connectivity index (χ1v) is 34.9. The van der Waals surface area contributed by atoms with Crippen LogP contribution < -0.4 is 20.9 Å². The van der Waals surface area contributed by atoms with Gasteiger partial charge < -0.3 is 45.6 Å². The lowest BCUT2D eigenvalue weighted by molar-refractivity contribution is -0.248. The minimum Gasteiger partial charge on any atom is -0.476 e. The van der Waals surface area contributed by atoms with Crippen molar-refractivity contribution in [2.45, 2.75) is 189 Å². The van der Waals surface area contributed by atoms with Crippen molar-refractivity contribution in [1.82, 2.24) is 55.4 Å². The van der Waals surface area contributed by atoms with Crippen LogP contribution in [-0.4, -0.2) is 142 Å². The lowest BCUT2D eigenvalue weighted by Gasteiger charge is -2.69. The largest absolute Gasteiger partial charge is 0.476 e. The summed E-state index contributed by atoms with van der Waals surface area (Å²) in [6, 6.07) is 17.7. The molecule has 93 heavy (non-hydrogen) atoms. The lowest BCUT2D eigenvalue weighted by Crippen LogP contribution is -2.64. The number of aryl methyl sites for hydroxylation is 1. The summed E-state index contributed by atoms with van der Waals surface area (Å²) in [5.74, 6) is -0.160. The van der Waals surface area contributed by atoms with E-state index in [1.54, 1.807) is 22.7 Å². The van der Waals surface area contributed by atoms with Crippen LogP contribution in [0.1, 0.15) is 170 Å². The second-order valence-electron chi connectivity index (χ2n) is 29.6. The average Bonchev–Trinajstić information content (AvgIpc) is 0.907. The number of carbonyl (C=O) groups is 4. The van der Waals surface area contributed by atoms with Crippen LogP contribution in [-0.2, 0) is 32.1 Å². The summed E-state index contributed by atoms with van der Waals surface area (Å²) < 4.78 is 10.4. The summed E-state index contributed by atoms with van der Waals surface area (Å²) in [5.41, 5.74) is 9.27. The van der Waals surface area contributed by atoms with Crippen molar-refractivity contribution in [3.05, 3.63) is 106 Å². The lowest BCUT2D eigenvalue weighted by atomic mass is 9.39. The van der Waals surface area contributed by atoms with Gasteiger partial charge in [-0.15, -0.1) is 21.5 Å². The van der Waals surface area contributed by atoms with Crippen molar-refractivity contribution >= 4 is 79.2 Å². The zero-order valence-corrected chi connectivity index (χ0v) is 57.2. The fraction of sp³-hybridized carbons (Fsp3) is 0.549. The van der Waals surface area contributed by atoms with Gasteiger partial charge in [-0.25, -0.2) is 19.7 Å². The van der Waals surface area contributed by atoms with E-state index in [0.29, 0.717) is 42.6 Å². The predicted octanol–water partition coefficient (Wildman–Crippen LogP) is 12.3. The molecule has 494 valence electrons. The summed E-state index contributed by atoms with van der Waals surface area (Å²) >= 11 is 3.15. The van der Waals surface area contributed by atoms with Crippen molar-refractivity contribution in [1.29, 1.82) is 0 Å². The minimum absolute atomic E-state index is 0.0186. The Bertz CT molecular complexity index is 3880. The number of pyridine rings is 1. The highest BCUT2D eigenvalue weighted by Gasteiger charge is 2.66. The number of aromatic carboxylic acids is 1. The first kappa shape index (κ1) is 65.8. The van der Waals surface area contributed by atoms with Crippen LogP contribution >= 0.6 is 22.7 Å². The molecule has 4 aliphatic carbocycles. The normalized spacial score (nSPS) is 24.0. The molecule has 1 saturated heterocycles. The van der Waals surface area contributed by atoms with Gasteiger partial charge in [0.2, 0.25) is 17.7 Å². The van der Waals surface area contributed by atoms with Gasteiger partial charge in [-0.2, -0.15) is 5.10 Å². The minimum atomic E-state index is -1.10. The third-order valence-electron chi connectivity index (χ3n) is 20.4. The molecular formula is C71H91N13O7S2. The number of anilines is 4. The van der Waals surface area contributed by atoms with Gasteiger partial charge in [0.25, 0.3) is 0 Å². The molecule has 13 rings (SSSR count). The van der Waals surface area contributed by atoms with Crippen LogP contribution in [0.2, 0.25) is 0 Å². The molecule has 0 radical (unpaired) electrons. The highest BCUT2D eigenvalue weighted by atomic mass is 32.1. The second kappa shape index (κ2) is 26.2. The monoisotopic (exact) mass is 1300 g/mol. The number of carbonyl (C=O) groups excluding carboxylic acids is 3. The summed E-state index contributed by atoms with van der Waals surface area (Å²) in [5, 5.41) is 46.1. The second-order valence-corrected chi connectivity index (χ2v) is 31.5. The van der Waals surface area contributed by atoms with Gasteiger partial charge in [0.05, 0.1) is 56.8 Å². The maximum Gasteiger partial charge on any atom is 0.355 e. The van der Waals surface area contributed by atoms with E-state index in [0.717, 1.165) is 143 Å². The number of likely N-dealkylation sites (tertiary alicyclic amines) is 1. The molecule has 3 amide bonds. The van der Waals surface area contributed by atoms with Gasteiger partial charge in [-0.3, -0.25) is 19.1 Å². The molecule has 2 aromatic carbocycles. The summed E-state index contributed by atoms with van der Waals surface area (Å²) in [4.78, 5) is 75.6. The number of benzene rings is 2. The molecule has 4 saturated carbocycles. The van der Waals surface area contributed by atoms with Crippen LogP contribution in [0.3, 0.4) is 0 Å². The van der Waals surface area contributed by atoms with Crippen molar-refractivity contribution in [3.63, 3.8) is 0 Å². The molecule has 5 N–H and O–H groups in total. The average molecular weight is 1300 g/mol. The number of unbranched alkanes of at least 4 members (excludes halogenated alkanes) is 3. The number of nitrogens with zero attached hydrogens (tertiary/aromatic N) is 10. The molecule has 5 aromatic heterocycles. The number of aliphatic hydroxyl groups is 1. The highest BCUT2D eigenvalue weighted by molar-refractivity contribution is 7.22. The molecule has 6 aliphatic rings. The van der Waals surface area contributed by atoms with Crippen molar-refractivity contribution < 1.29 is 34.1 Å². The van der Waals surface area contributed by atoms with E-state index >= 15 is 0 Å². The van der Waals surface area contributed by atoms with Gasteiger partial charge in [-0.05, 0) is 163 Å². The van der Waals surface area contributed by atoms with Crippen molar-refractivity contribution in [2.75, 3.05) is 50.1 Å². The van der Waals surface area contributed by atoms with Crippen LogP contribution in [0, 0.1) is 42.4 Å². The maximum atomic E-state index is 14.3. The first-order chi connectivity index (χ1) is 44.3. The number of hydrogen-bond donors (Lipinski definition) is 5. The number of rotatable bonds is 24. The van der Waals surface area contributed by atoms with Gasteiger partial charge in [0, 0.05) is 67.0 Å². The number of aliphatic hydroxyl groups excluding tert-OH is 1. The van der Waals surface area contributed by atoms with Crippen LogP contribution in [0.25, 0.3) is 31.8 Å². The van der Waals surface area contributed by atoms with E-state index < -0.39 is 29.6 Å². The summed E-state index contributed by atoms with van der Waals surface area (Å²) in [7, 11) is 2.15. The molecule has 7 aromatic rings. The Morgan fingerprint density at radius 2 is 1.62 bits per heavy atom. The van der Waals surface area contributed by atoms with Crippen LogP contribution in [0.15, 0.2) is 72.4 Å². The van der Waals surface area contributed by atoms with Gasteiger partial charge in [0.15, 0.2) is 22.5 Å². The SMILES string of the molecule is Cc1ncsc1-c1ccc([C@H](C)NC(=O)[C@@H]2C[C@@H](O)CN2C(=O)[C@@H](NC(=O)CCCCCCN(C)CCOC23CC4(Cn5ncc(-c6ccc(N7CCCc8c7nnc(Nc7nc9ccccc9s7)c8C)nc6C(=O)O)c5C)C[C@@](C)(C2)C[C@](C)(C4)C3)C(C)(C)C)cc1. The number of hydrogen-bond acceptors (Lipinski definition) is 17. The van der Waals surface area contributed by atoms with E-state index in [2.05, 4.69) is 56.5 Å². The quantitative estimate of drug-likeness (QED) is 0.0353. The third kappa shape index (κ3) is 14.0. The zero-order valence-electron chi connectivity index (χ0n) is 55.6. The number of aromatic nitrogens is 7. The Labute approximate surface area is 553 Å². The number of β-amino-alcohol motifs (C(OH)–C–C–N with tert-alkyl or cyclic N) is 1. The molecule has 0 spiro atoms. The number of ether oxygens (including phenoxy) is 1. The number of fused-ring (bicyclic) bond motifs is 2. The fourth-order valence-corrected chi connectivity index (χ4v) is 18.7. The Kier molecular flexibility index (Phi) is 18.5. The third-order valence-corrected chi connectivity index (χ3v) is 22.4. The molecular weight excluding hydrogens is 1210 g/mol. The summed E-state index contributed by atoms with van der Waals surface area (Å²) in [6.45, 7) is 22.4. The molecule has 7 heterocycles. The molecule has 2 unspecified atom stereocenters. The molecule has 4 bridgehead atoms. The molecule has 20 nitrogen and oxygen atoms in total. The zero-order chi connectivity index (χ0) is 65.8. The smallest absolute Gasteiger partial charge is 0.355 e. The number of nitrogens with one attached hydrogen (secondary N) is 3. The number of likely N-dealkylation sites (N-methyl/N-ethyl adjacent to an activating group) is 1. The Hall–Kier alpha value is -7.24.